The number of ether oxygens (including phenoxy) is 3. The van der Waals surface area contributed by atoms with Crippen LogP contribution in [0.2, 0.25) is 0 Å². The quantitative estimate of drug-likeness (QED) is 0.655. The number of halogens is 3. The molecule has 1 aliphatic rings. The third-order valence-corrected chi connectivity index (χ3v) is 4.73. The van der Waals surface area contributed by atoms with E-state index in [1.165, 1.54) is 6.07 Å². The van der Waals surface area contributed by atoms with Gasteiger partial charge in [0.05, 0.1) is 17.6 Å². The summed E-state index contributed by atoms with van der Waals surface area (Å²) >= 11 is 0. The van der Waals surface area contributed by atoms with Crippen LogP contribution in [0.15, 0.2) is 30.3 Å². The van der Waals surface area contributed by atoms with Gasteiger partial charge in [-0.2, -0.15) is 13.2 Å². The van der Waals surface area contributed by atoms with Crippen molar-refractivity contribution in [3.8, 4) is 17.2 Å². The minimum absolute atomic E-state index is 0.00207. The van der Waals surface area contributed by atoms with Crippen molar-refractivity contribution in [2.75, 3.05) is 19.8 Å². The van der Waals surface area contributed by atoms with Crippen LogP contribution in [0.25, 0.3) is 11.0 Å². The topological polar surface area (TPSA) is 45.5 Å². The van der Waals surface area contributed by atoms with Gasteiger partial charge in [0.25, 0.3) is 0 Å². The van der Waals surface area contributed by atoms with Gasteiger partial charge in [0, 0.05) is 12.1 Å². The number of aryl methyl sites for hydroxylation is 2. The largest absolute Gasteiger partial charge is 0.492 e. The molecule has 0 amide bonds. The van der Waals surface area contributed by atoms with Gasteiger partial charge in [-0.15, -0.1) is 0 Å². The van der Waals surface area contributed by atoms with E-state index in [0.29, 0.717) is 36.0 Å². The summed E-state index contributed by atoms with van der Waals surface area (Å²) in [7, 11) is 0. The van der Waals surface area contributed by atoms with Gasteiger partial charge in [0.15, 0.2) is 11.5 Å². The normalized spacial score (nSPS) is 13.8. The first-order chi connectivity index (χ1) is 13.3. The van der Waals surface area contributed by atoms with Crippen molar-refractivity contribution < 1.29 is 27.4 Å². The van der Waals surface area contributed by atoms with Crippen molar-refractivity contribution in [3.63, 3.8) is 0 Å². The van der Waals surface area contributed by atoms with Gasteiger partial charge in [-0.1, -0.05) is 6.07 Å². The molecule has 4 rings (SSSR count). The van der Waals surface area contributed by atoms with Crippen molar-refractivity contribution >= 4 is 11.0 Å². The molecule has 0 atom stereocenters. The smallest absolute Gasteiger partial charge is 0.449 e. The molecule has 0 saturated carbocycles. The van der Waals surface area contributed by atoms with E-state index in [0.717, 1.165) is 15.7 Å². The maximum atomic E-state index is 13.5. The lowest BCUT2D eigenvalue weighted by molar-refractivity contribution is -0.147. The first-order valence-electron chi connectivity index (χ1n) is 8.90. The van der Waals surface area contributed by atoms with Crippen LogP contribution >= 0.6 is 0 Å². The molecule has 0 bridgehead atoms. The highest BCUT2D eigenvalue weighted by Gasteiger charge is 2.38. The van der Waals surface area contributed by atoms with Crippen molar-refractivity contribution in [1.82, 2.24) is 9.55 Å². The Morgan fingerprint density at radius 2 is 1.75 bits per heavy atom. The fourth-order valence-corrected chi connectivity index (χ4v) is 3.16. The summed E-state index contributed by atoms with van der Waals surface area (Å²) in [6, 6.07) is 8.62. The number of alkyl halides is 3. The molecule has 28 heavy (non-hydrogen) atoms. The molecule has 2 heterocycles. The molecule has 3 aromatic rings. The van der Waals surface area contributed by atoms with E-state index >= 15 is 0 Å². The number of hydrogen-bond donors (Lipinski definition) is 0. The van der Waals surface area contributed by atoms with Crippen LogP contribution in [-0.2, 0) is 12.7 Å². The van der Waals surface area contributed by atoms with E-state index in [-0.39, 0.29) is 18.7 Å². The number of hydrogen-bond acceptors (Lipinski definition) is 4. The van der Waals surface area contributed by atoms with E-state index in [1.54, 1.807) is 12.1 Å². The monoisotopic (exact) mass is 392 g/mol. The van der Waals surface area contributed by atoms with E-state index < -0.39 is 12.0 Å². The van der Waals surface area contributed by atoms with Gasteiger partial charge < -0.3 is 18.8 Å². The minimum atomic E-state index is -4.58. The molecule has 148 valence electrons. The van der Waals surface area contributed by atoms with Gasteiger partial charge in [-0.05, 0) is 37.1 Å². The lowest BCUT2D eigenvalue weighted by atomic mass is 10.1. The Hall–Kier alpha value is -2.90. The van der Waals surface area contributed by atoms with Gasteiger partial charge in [0.1, 0.15) is 25.6 Å². The Morgan fingerprint density at radius 1 is 1.04 bits per heavy atom. The number of rotatable bonds is 4. The van der Waals surface area contributed by atoms with Crippen LogP contribution in [0.5, 0.6) is 17.2 Å². The molecule has 8 heteroatoms. The highest BCUT2D eigenvalue weighted by molar-refractivity contribution is 5.81. The Morgan fingerprint density at radius 3 is 2.43 bits per heavy atom. The van der Waals surface area contributed by atoms with Crippen LogP contribution < -0.4 is 14.2 Å². The molecule has 1 aromatic heterocycles. The molecule has 1 aliphatic heterocycles. The Bertz CT molecular complexity index is 1030. The van der Waals surface area contributed by atoms with Gasteiger partial charge >= 0.3 is 6.18 Å². The van der Waals surface area contributed by atoms with Crippen molar-refractivity contribution in [3.05, 3.63) is 47.3 Å². The summed E-state index contributed by atoms with van der Waals surface area (Å²) in [6.45, 7) is 4.73. The number of imidazole rings is 1. The lowest BCUT2D eigenvalue weighted by Gasteiger charge is -2.18. The van der Waals surface area contributed by atoms with Crippen LogP contribution in [0.3, 0.4) is 0 Å². The van der Waals surface area contributed by atoms with Crippen LogP contribution in [-0.4, -0.2) is 29.4 Å². The number of fused-ring (bicyclic) bond motifs is 2. The van der Waals surface area contributed by atoms with Crippen LogP contribution in [0, 0.1) is 13.8 Å². The molecule has 0 spiro atoms. The lowest BCUT2D eigenvalue weighted by Crippen LogP contribution is -2.18. The summed E-state index contributed by atoms with van der Waals surface area (Å²) in [5, 5.41) is 0. The number of nitrogens with zero attached hydrogens (tertiary/aromatic N) is 2. The summed E-state index contributed by atoms with van der Waals surface area (Å²) in [5.41, 5.74) is 2.73. The molecule has 5 nitrogen and oxygen atoms in total. The van der Waals surface area contributed by atoms with E-state index in [1.807, 2.05) is 26.0 Å². The summed E-state index contributed by atoms with van der Waals surface area (Å²) in [6.07, 6.45) is -4.58. The fourth-order valence-electron chi connectivity index (χ4n) is 3.16. The maximum absolute atomic E-state index is 13.5. The molecule has 0 unspecified atom stereocenters. The molecular weight excluding hydrogens is 373 g/mol. The van der Waals surface area contributed by atoms with Gasteiger partial charge in [-0.3, -0.25) is 0 Å². The third-order valence-electron chi connectivity index (χ3n) is 4.73. The van der Waals surface area contributed by atoms with E-state index in [4.69, 9.17) is 14.2 Å². The number of benzene rings is 2. The molecule has 0 radical (unpaired) electrons. The molecule has 0 fully saturated rings. The van der Waals surface area contributed by atoms with E-state index in [2.05, 4.69) is 4.98 Å². The predicted octanol–water partition coefficient (Wildman–Crippen LogP) is 4.52. The average Bonchev–Trinajstić information content (AvgIpc) is 3.01. The molecule has 2 aromatic carbocycles. The van der Waals surface area contributed by atoms with Crippen molar-refractivity contribution in [2.45, 2.75) is 26.6 Å². The van der Waals surface area contributed by atoms with Crippen molar-refractivity contribution in [2.24, 2.45) is 0 Å². The first-order valence-corrected chi connectivity index (χ1v) is 8.90. The molecule has 0 N–H and O–H groups in total. The molecular formula is C20H19F3N2O3. The standard InChI is InChI=1S/C20H19F3N2O3/c1-12-3-4-14(9-13(12)2)26-6-5-25-16-11-18-17(27-7-8-28-18)10-15(16)24-19(25)20(21,22)23/h3-4,9-11H,5-8H2,1-2H3. The van der Waals surface area contributed by atoms with E-state index in [9.17, 15) is 13.2 Å². The molecule has 0 saturated heterocycles. The van der Waals surface area contributed by atoms with Gasteiger partial charge in [0.2, 0.25) is 5.82 Å². The summed E-state index contributed by atoms with van der Waals surface area (Å²) in [5.74, 6) is 0.482. The third kappa shape index (κ3) is 3.46. The minimum Gasteiger partial charge on any atom is -0.492 e. The predicted molar refractivity (Wildman–Crippen MR) is 97.1 cm³/mol. The zero-order chi connectivity index (χ0) is 19.9. The van der Waals surface area contributed by atoms with Gasteiger partial charge in [-0.25, -0.2) is 4.98 Å². The molecule has 0 aliphatic carbocycles. The number of aromatic nitrogens is 2. The fraction of sp³-hybridized carbons (Fsp3) is 0.350. The maximum Gasteiger partial charge on any atom is 0.449 e. The second-order valence-electron chi connectivity index (χ2n) is 6.66. The highest BCUT2D eigenvalue weighted by Crippen LogP contribution is 2.38. The zero-order valence-corrected chi connectivity index (χ0v) is 15.5. The Labute approximate surface area is 159 Å². The summed E-state index contributed by atoms with van der Waals surface area (Å²) in [4.78, 5) is 3.79. The van der Waals surface area contributed by atoms with Crippen LogP contribution in [0.1, 0.15) is 17.0 Å². The van der Waals surface area contributed by atoms with Crippen LogP contribution in [0.4, 0.5) is 13.2 Å². The zero-order valence-electron chi connectivity index (χ0n) is 15.5. The average molecular weight is 392 g/mol. The summed E-state index contributed by atoms with van der Waals surface area (Å²) < 4.78 is 58.3. The Kier molecular flexibility index (Phi) is 4.56. The second-order valence-corrected chi connectivity index (χ2v) is 6.66. The van der Waals surface area contributed by atoms with Crippen molar-refractivity contribution in [1.29, 1.82) is 0 Å². The second kappa shape index (κ2) is 6.92. The Balaban J connectivity index is 1.64. The first kappa shape index (κ1) is 18.5. The SMILES string of the molecule is Cc1ccc(OCCn2c(C(F)(F)F)nc3cc4c(cc32)OCCO4)cc1C. The highest BCUT2D eigenvalue weighted by atomic mass is 19.4.